The van der Waals surface area contributed by atoms with E-state index in [0.29, 0.717) is 30.6 Å². The van der Waals surface area contributed by atoms with Crippen molar-refractivity contribution in [3.63, 3.8) is 0 Å². The minimum absolute atomic E-state index is 0.219. The fraction of sp³-hybridized carbons (Fsp3) is 0.333. The Bertz CT molecular complexity index is 1090. The lowest BCUT2D eigenvalue weighted by atomic mass is 10.2. The van der Waals surface area contributed by atoms with Crippen molar-refractivity contribution in [2.24, 2.45) is 0 Å². The molecule has 0 radical (unpaired) electrons. The van der Waals surface area contributed by atoms with Crippen LogP contribution in [0.3, 0.4) is 0 Å². The van der Waals surface area contributed by atoms with Crippen molar-refractivity contribution in [2.45, 2.75) is 26.7 Å². The number of aryl methyl sites for hydroxylation is 1. The first kappa shape index (κ1) is 17.8. The first-order valence-corrected chi connectivity index (χ1v) is 9.05. The highest BCUT2D eigenvalue weighted by Gasteiger charge is 2.12. The van der Waals surface area contributed by atoms with Crippen LogP contribution in [0, 0.1) is 6.92 Å². The Hall–Kier alpha value is -3.56. The summed E-state index contributed by atoms with van der Waals surface area (Å²) in [6, 6.07) is 5.68. The Labute approximate surface area is 161 Å². The fourth-order valence-corrected chi connectivity index (χ4v) is 2.68. The number of anilines is 2. The minimum atomic E-state index is 0.219. The lowest BCUT2D eigenvalue weighted by Crippen LogP contribution is -2.16. The summed E-state index contributed by atoms with van der Waals surface area (Å²) in [5.74, 6) is 3.56. The van der Waals surface area contributed by atoms with Crippen LogP contribution >= 0.6 is 0 Å². The molecule has 0 unspecified atom stereocenters. The number of rotatable bonds is 7. The molecule has 4 aromatic rings. The SMILES string of the molecule is Cc1cc(NCCNc2cc(-c3nc(C(C)C)no3)ccn2)n2ncnc2n1. The second-order valence-corrected chi connectivity index (χ2v) is 6.65. The molecule has 0 fully saturated rings. The highest BCUT2D eigenvalue weighted by molar-refractivity contribution is 5.58. The van der Waals surface area contributed by atoms with E-state index in [0.717, 1.165) is 22.9 Å². The molecule has 0 saturated carbocycles. The first-order valence-electron chi connectivity index (χ1n) is 9.05. The van der Waals surface area contributed by atoms with Crippen molar-refractivity contribution in [3.8, 4) is 11.5 Å². The second-order valence-electron chi connectivity index (χ2n) is 6.65. The number of nitrogens with one attached hydrogen (secondary N) is 2. The van der Waals surface area contributed by atoms with E-state index >= 15 is 0 Å². The summed E-state index contributed by atoms with van der Waals surface area (Å²) in [7, 11) is 0. The van der Waals surface area contributed by atoms with Crippen molar-refractivity contribution < 1.29 is 4.52 Å². The monoisotopic (exact) mass is 379 g/mol. The standard InChI is InChI=1S/C18H21N9O/c1-11(2)16-25-17(28-26-16)13-4-5-19-14(9-13)20-6-7-21-15-8-12(3)24-18-22-10-23-27(15)18/h4-5,8-11,21H,6-7H2,1-3H3,(H,19,20). The van der Waals surface area contributed by atoms with Gasteiger partial charge in [-0.1, -0.05) is 19.0 Å². The summed E-state index contributed by atoms with van der Waals surface area (Å²) in [6.07, 6.45) is 3.21. The first-order chi connectivity index (χ1) is 13.6. The number of fused-ring (bicyclic) bond motifs is 1. The number of hydrogen-bond donors (Lipinski definition) is 2. The van der Waals surface area contributed by atoms with Crippen LogP contribution in [0.2, 0.25) is 0 Å². The molecule has 0 aliphatic carbocycles. The maximum Gasteiger partial charge on any atom is 0.258 e. The number of nitrogens with zero attached hydrogens (tertiary/aromatic N) is 7. The summed E-state index contributed by atoms with van der Waals surface area (Å²) in [5, 5.41) is 14.8. The van der Waals surface area contributed by atoms with E-state index in [1.165, 1.54) is 6.33 Å². The molecule has 4 heterocycles. The van der Waals surface area contributed by atoms with E-state index in [2.05, 4.69) is 40.8 Å². The van der Waals surface area contributed by atoms with Crippen molar-refractivity contribution in [2.75, 3.05) is 23.7 Å². The van der Waals surface area contributed by atoms with Crippen LogP contribution < -0.4 is 10.6 Å². The van der Waals surface area contributed by atoms with Crippen LogP contribution in [-0.2, 0) is 0 Å². The van der Waals surface area contributed by atoms with Gasteiger partial charge in [-0.15, -0.1) is 0 Å². The van der Waals surface area contributed by atoms with Crippen LogP contribution in [0.15, 0.2) is 35.2 Å². The Morgan fingerprint density at radius 3 is 2.79 bits per heavy atom. The number of aromatic nitrogens is 7. The summed E-state index contributed by atoms with van der Waals surface area (Å²) in [4.78, 5) is 17.2. The molecular weight excluding hydrogens is 358 g/mol. The molecule has 144 valence electrons. The normalized spacial score (nSPS) is 11.3. The van der Waals surface area contributed by atoms with Crippen molar-refractivity contribution in [3.05, 3.63) is 42.2 Å². The lowest BCUT2D eigenvalue weighted by molar-refractivity contribution is 0.419. The second kappa shape index (κ2) is 7.59. The smallest absolute Gasteiger partial charge is 0.258 e. The number of pyridine rings is 1. The zero-order valence-electron chi connectivity index (χ0n) is 15.9. The molecular formula is C18H21N9O. The highest BCUT2D eigenvalue weighted by atomic mass is 16.5. The molecule has 10 nitrogen and oxygen atoms in total. The average Bonchev–Trinajstić information content (AvgIpc) is 3.35. The molecule has 28 heavy (non-hydrogen) atoms. The van der Waals surface area contributed by atoms with Crippen LogP contribution in [0.25, 0.3) is 17.2 Å². The molecule has 4 rings (SSSR count). The molecule has 10 heteroatoms. The summed E-state index contributed by atoms with van der Waals surface area (Å²) in [6.45, 7) is 7.31. The highest BCUT2D eigenvalue weighted by Crippen LogP contribution is 2.21. The van der Waals surface area contributed by atoms with Gasteiger partial charge in [0.15, 0.2) is 5.82 Å². The summed E-state index contributed by atoms with van der Waals surface area (Å²) in [5.41, 5.74) is 1.71. The molecule has 0 aromatic carbocycles. The van der Waals surface area contributed by atoms with Gasteiger partial charge in [-0.05, 0) is 19.1 Å². The van der Waals surface area contributed by atoms with Crippen molar-refractivity contribution in [1.82, 2.24) is 34.7 Å². The predicted octanol–water partition coefficient (Wildman–Crippen LogP) is 2.53. The van der Waals surface area contributed by atoms with Gasteiger partial charge in [0, 0.05) is 42.5 Å². The van der Waals surface area contributed by atoms with Crippen LogP contribution in [-0.4, -0.2) is 47.8 Å². The van der Waals surface area contributed by atoms with E-state index in [1.54, 1.807) is 10.7 Å². The van der Waals surface area contributed by atoms with E-state index in [1.807, 2.05) is 39.0 Å². The molecule has 0 atom stereocenters. The largest absolute Gasteiger partial charge is 0.368 e. The Kier molecular flexibility index (Phi) is 4.83. The maximum atomic E-state index is 5.34. The minimum Gasteiger partial charge on any atom is -0.368 e. The topological polar surface area (TPSA) is 119 Å². The molecule has 0 saturated heterocycles. The molecule has 2 N–H and O–H groups in total. The van der Waals surface area contributed by atoms with Crippen LogP contribution in [0.4, 0.5) is 11.6 Å². The van der Waals surface area contributed by atoms with E-state index in [4.69, 9.17) is 4.52 Å². The van der Waals surface area contributed by atoms with Gasteiger partial charge in [0.1, 0.15) is 18.0 Å². The number of hydrogen-bond acceptors (Lipinski definition) is 9. The van der Waals surface area contributed by atoms with Crippen LogP contribution in [0.1, 0.15) is 31.3 Å². The van der Waals surface area contributed by atoms with Gasteiger partial charge in [-0.25, -0.2) is 9.97 Å². The predicted molar refractivity (Wildman–Crippen MR) is 104 cm³/mol. The lowest BCUT2D eigenvalue weighted by Gasteiger charge is -2.10. The van der Waals surface area contributed by atoms with Gasteiger partial charge < -0.3 is 15.2 Å². The fourth-order valence-electron chi connectivity index (χ4n) is 2.68. The van der Waals surface area contributed by atoms with Gasteiger partial charge >= 0.3 is 0 Å². The summed E-state index contributed by atoms with van der Waals surface area (Å²) < 4.78 is 7.02. The van der Waals surface area contributed by atoms with E-state index in [-0.39, 0.29) is 5.92 Å². The third kappa shape index (κ3) is 3.75. The van der Waals surface area contributed by atoms with Crippen molar-refractivity contribution >= 4 is 17.4 Å². The molecule has 0 spiro atoms. The van der Waals surface area contributed by atoms with Gasteiger partial charge in [-0.2, -0.15) is 19.6 Å². The van der Waals surface area contributed by atoms with E-state index in [9.17, 15) is 0 Å². The molecule has 0 amide bonds. The quantitative estimate of drug-likeness (QED) is 0.467. The van der Waals surface area contributed by atoms with Crippen LogP contribution in [0.5, 0.6) is 0 Å². The molecule has 0 aliphatic heterocycles. The zero-order valence-corrected chi connectivity index (χ0v) is 15.9. The summed E-state index contributed by atoms with van der Waals surface area (Å²) >= 11 is 0. The van der Waals surface area contributed by atoms with Gasteiger partial charge in [0.05, 0.1) is 0 Å². The molecule has 0 bridgehead atoms. The third-order valence-corrected chi connectivity index (χ3v) is 4.08. The Morgan fingerprint density at radius 1 is 1.11 bits per heavy atom. The molecule has 4 aromatic heterocycles. The third-order valence-electron chi connectivity index (χ3n) is 4.08. The maximum absolute atomic E-state index is 5.34. The average molecular weight is 379 g/mol. The van der Waals surface area contributed by atoms with Crippen molar-refractivity contribution in [1.29, 1.82) is 0 Å². The van der Waals surface area contributed by atoms with Gasteiger partial charge in [-0.3, -0.25) is 0 Å². The van der Waals surface area contributed by atoms with Gasteiger partial charge in [0.25, 0.3) is 11.7 Å². The zero-order chi connectivity index (χ0) is 19.5. The Morgan fingerprint density at radius 2 is 1.96 bits per heavy atom. The Balaban J connectivity index is 1.38. The van der Waals surface area contributed by atoms with E-state index < -0.39 is 0 Å². The molecule has 0 aliphatic rings. The van der Waals surface area contributed by atoms with Gasteiger partial charge in [0.2, 0.25) is 0 Å².